The van der Waals surface area contributed by atoms with E-state index in [0.717, 1.165) is 21.4 Å². The summed E-state index contributed by atoms with van der Waals surface area (Å²) in [6.45, 7) is 0. The molecule has 5 nitrogen and oxygen atoms in total. The van der Waals surface area contributed by atoms with E-state index in [0.29, 0.717) is 22.5 Å². The minimum Gasteiger partial charge on any atom is -0.322 e. The molecule has 0 atom stereocenters. The SMILES string of the molecule is FC(F)(F)c1ccccc1-c1nc(Nc2n[nH]c3ccc(Br)cc23)c2ccccc2n1. The van der Waals surface area contributed by atoms with Crippen LogP contribution in [-0.4, -0.2) is 20.2 Å². The average Bonchev–Trinajstić information content (AvgIpc) is 3.15. The van der Waals surface area contributed by atoms with Crippen LogP contribution in [0.25, 0.3) is 33.2 Å². The van der Waals surface area contributed by atoms with Crippen LogP contribution in [-0.2, 0) is 6.18 Å². The number of aromatic amines is 1. The molecule has 0 amide bonds. The molecule has 2 aromatic heterocycles. The molecule has 0 saturated heterocycles. The highest BCUT2D eigenvalue weighted by Crippen LogP contribution is 2.37. The summed E-state index contributed by atoms with van der Waals surface area (Å²) >= 11 is 3.44. The number of alkyl halides is 3. The summed E-state index contributed by atoms with van der Waals surface area (Å²) in [6.07, 6.45) is -4.52. The highest BCUT2D eigenvalue weighted by Gasteiger charge is 2.34. The van der Waals surface area contributed by atoms with E-state index in [1.54, 1.807) is 12.1 Å². The smallest absolute Gasteiger partial charge is 0.322 e. The topological polar surface area (TPSA) is 66.5 Å². The summed E-state index contributed by atoms with van der Waals surface area (Å²) in [6, 6.07) is 18.1. The predicted molar refractivity (Wildman–Crippen MR) is 117 cm³/mol. The predicted octanol–water partition coefficient (Wildman–Crippen LogP) is 6.70. The molecule has 5 rings (SSSR count). The van der Waals surface area contributed by atoms with Gasteiger partial charge in [0.2, 0.25) is 0 Å². The lowest BCUT2D eigenvalue weighted by Gasteiger charge is -2.14. The fourth-order valence-electron chi connectivity index (χ4n) is 3.41. The fourth-order valence-corrected chi connectivity index (χ4v) is 3.77. The van der Waals surface area contributed by atoms with Crippen LogP contribution in [0.5, 0.6) is 0 Å². The molecule has 154 valence electrons. The number of nitrogens with zero attached hydrogens (tertiary/aromatic N) is 3. The van der Waals surface area contributed by atoms with Crippen LogP contribution in [0.2, 0.25) is 0 Å². The second-order valence-corrected chi connectivity index (χ2v) is 7.76. The van der Waals surface area contributed by atoms with Crippen molar-refractivity contribution in [1.82, 2.24) is 20.2 Å². The lowest BCUT2D eigenvalue weighted by Crippen LogP contribution is -2.08. The number of fused-ring (bicyclic) bond motifs is 2. The first-order chi connectivity index (χ1) is 14.9. The zero-order chi connectivity index (χ0) is 21.6. The van der Waals surface area contributed by atoms with Crippen molar-refractivity contribution in [3.8, 4) is 11.4 Å². The fraction of sp³-hybridized carbons (Fsp3) is 0.0455. The standard InChI is InChI=1S/C22H13BrF3N5/c23-12-9-10-18-15(11-12)21(31-30-18)29-20-14-6-2-4-8-17(14)27-19(28-20)13-5-1-3-7-16(13)22(24,25)26/h1-11H,(H2,27,28,29,30,31). The normalized spacial score (nSPS) is 11.9. The van der Waals surface area contributed by atoms with Gasteiger partial charge in [0.05, 0.1) is 16.6 Å². The molecule has 0 fully saturated rings. The van der Waals surface area contributed by atoms with Gasteiger partial charge in [0, 0.05) is 20.8 Å². The van der Waals surface area contributed by atoms with E-state index in [1.807, 2.05) is 30.3 Å². The van der Waals surface area contributed by atoms with Crippen molar-refractivity contribution in [2.45, 2.75) is 6.18 Å². The van der Waals surface area contributed by atoms with Gasteiger partial charge < -0.3 is 5.32 Å². The molecule has 0 unspecified atom stereocenters. The molecular weight excluding hydrogens is 471 g/mol. The van der Waals surface area contributed by atoms with Crippen LogP contribution < -0.4 is 5.32 Å². The van der Waals surface area contributed by atoms with Gasteiger partial charge in [-0.15, -0.1) is 0 Å². The zero-order valence-electron chi connectivity index (χ0n) is 15.7. The monoisotopic (exact) mass is 483 g/mol. The second kappa shape index (κ2) is 7.35. The minimum absolute atomic E-state index is 0.0184. The number of hydrogen-bond acceptors (Lipinski definition) is 4. The van der Waals surface area contributed by atoms with Crippen molar-refractivity contribution in [2.24, 2.45) is 0 Å². The van der Waals surface area contributed by atoms with Gasteiger partial charge in [-0.1, -0.05) is 46.3 Å². The maximum absolute atomic E-state index is 13.6. The van der Waals surface area contributed by atoms with Crippen molar-refractivity contribution >= 4 is 49.4 Å². The van der Waals surface area contributed by atoms with Crippen molar-refractivity contribution in [1.29, 1.82) is 0 Å². The zero-order valence-corrected chi connectivity index (χ0v) is 17.3. The summed E-state index contributed by atoms with van der Waals surface area (Å²) in [5.41, 5.74) is 0.462. The Balaban J connectivity index is 1.70. The van der Waals surface area contributed by atoms with Gasteiger partial charge in [0.25, 0.3) is 0 Å². The van der Waals surface area contributed by atoms with Gasteiger partial charge in [0.1, 0.15) is 5.82 Å². The largest absolute Gasteiger partial charge is 0.417 e. The molecule has 0 radical (unpaired) electrons. The third-order valence-electron chi connectivity index (χ3n) is 4.84. The Labute approximate surface area is 182 Å². The molecule has 2 N–H and O–H groups in total. The highest BCUT2D eigenvalue weighted by molar-refractivity contribution is 9.10. The molecule has 0 aliphatic heterocycles. The maximum Gasteiger partial charge on any atom is 0.417 e. The number of aromatic nitrogens is 4. The molecule has 0 aliphatic rings. The third-order valence-corrected chi connectivity index (χ3v) is 5.33. The van der Waals surface area contributed by atoms with E-state index in [1.165, 1.54) is 18.2 Å². The Kier molecular flexibility index (Phi) is 4.62. The Bertz CT molecular complexity index is 1430. The van der Waals surface area contributed by atoms with Crippen LogP contribution in [0.4, 0.5) is 24.8 Å². The highest BCUT2D eigenvalue weighted by atomic mass is 79.9. The molecule has 0 saturated carbocycles. The molecule has 0 spiro atoms. The van der Waals surface area contributed by atoms with Crippen LogP contribution in [0.15, 0.2) is 71.2 Å². The first-order valence-electron chi connectivity index (χ1n) is 9.24. The van der Waals surface area contributed by atoms with Crippen LogP contribution >= 0.6 is 15.9 Å². The van der Waals surface area contributed by atoms with Gasteiger partial charge in [-0.25, -0.2) is 9.97 Å². The molecule has 2 heterocycles. The van der Waals surface area contributed by atoms with E-state index in [-0.39, 0.29) is 11.4 Å². The number of benzene rings is 3. The Morgan fingerprint density at radius 2 is 1.61 bits per heavy atom. The summed E-state index contributed by atoms with van der Waals surface area (Å²) in [7, 11) is 0. The van der Waals surface area contributed by atoms with Crippen LogP contribution in [0.3, 0.4) is 0 Å². The first kappa shape index (κ1) is 19.5. The molecule has 31 heavy (non-hydrogen) atoms. The summed E-state index contributed by atoms with van der Waals surface area (Å²) in [5.74, 6) is 0.858. The van der Waals surface area contributed by atoms with Gasteiger partial charge >= 0.3 is 6.18 Å². The molecule has 3 aromatic carbocycles. The average molecular weight is 484 g/mol. The molecule has 0 aliphatic carbocycles. The number of hydrogen-bond donors (Lipinski definition) is 2. The van der Waals surface area contributed by atoms with Crippen LogP contribution in [0, 0.1) is 0 Å². The Morgan fingerprint density at radius 3 is 2.45 bits per heavy atom. The molecular formula is C22H13BrF3N5. The van der Waals surface area contributed by atoms with Gasteiger partial charge in [-0.3, -0.25) is 5.10 Å². The van der Waals surface area contributed by atoms with E-state index in [9.17, 15) is 13.2 Å². The van der Waals surface area contributed by atoms with E-state index >= 15 is 0 Å². The number of anilines is 2. The third kappa shape index (κ3) is 3.61. The lowest BCUT2D eigenvalue weighted by molar-refractivity contribution is -0.137. The summed E-state index contributed by atoms with van der Waals surface area (Å²) in [4.78, 5) is 8.86. The number of rotatable bonds is 3. The van der Waals surface area contributed by atoms with Gasteiger partial charge in [-0.05, 0) is 36.4 Å². The quantitative estimate of drug-likeness (QED) is 0.299. The Morgan fingerprint density at radius 1 is 0.839 bits per heavy atom. The second-order valence-electron chi connectivity index (χ2n) is 6.84. The number of para-hydroxylation sites is 1. The first-order valence-corrected chi connectivity index (χ1v) is 10.0. The lowest BCUT2D eigenvalue weighted by atomic mass is 10.1. The van der Waals surface area contributed by atoms with Crippen molar-refractivity contribution in [2.75, 3.05) is 5.32 Å². The molecule has 5 aromatic rings. The van der Waals surface area contributed by atoms with Crippen LogP contribution in [0.1, 0.15) is 5.56 Å². The van der Waals surface area contributed by atoms with Crippen molar-refractivity contribution < 1.29 is 13.2 Å². The maximum atomic E-state index is 13.6. The van der Waals surface area contributed by atoms with Crippen molar-refractivity contribution in [3.05, 3.63) is 76.8 Å². The molecule has 9 heteroatoms. The number of H-pyrrole nitrogens is 1. The summed E-state index contributed by atoms with van der Waals surface area (Å²) in [5, 5.41) is 11.9. The Hall–Kier alpha value is -3.46. The number of nitrogens with one attached hydrogen (secondary N) is 2. The van der Waals surface area contributed by atoms with E-state index < -0.39 is 11.7 Å². The number of halogens is 4. The van der Waals surface area contributed by atoms with E-state index in [2.05, 4.69) is 41.4 Å². The van der Waals surface area contributed by atoms with Gasteiger partial charge in [0.15, 0.2) is 11.6 Å². The summed E-state index contributed by atoms with van der Waals surface area (Å²) < 4.78 is 41.6. The van der Waals surface area contributed by atoms with Crippen molar-refractivity contribution in [3.63, 3.8) is 0 Å². The minimum atomic E-state index is -4.52. The van der Waals surface area contributed by atoms with E-state index in [4.69, 9.17) is 0 Å². The van der Waals surface area contributed by atoms with Gasteiger partial charge in [-0.2, -0.15) is 18.3 Å². The molecule has 0 bridgehead atoms.